The number of rotatable bonds is 8. The van der Waals surface area contributed by atoms with Crippen LogP contribution in [-0.4, -0.2) is 33.8 Å². The van der Waals surface area contributed by atoms with Crippen LogP contribution in [0.25, 0.3) is 11.0 Å². The van der Waals surface area contributed by atoms with E-state index in [2.05, 4.69) is 52.3 Å². The quantitative estimate of drug-likeness (QED) is 0.355. The normalized spacial score (nSPS) is 12.9. The van der Waals surface area contributed by atoms with Gasteiger partial charge in [0.1, 0.15) is 23.5 Å². The summed E-state index contributed by atoms with van der Waals surface area (Å²) >= 11 is 0. The predicted molar refractivity (Wildman–Crippen MR) is 112 cm³/mol. The van der Waals surface area contributed by atoms with Crippen molar-refractivity contribution < 1.29 is 4.42 Å². The monoisotopic (exact) mass is 380 g/mol. The lowest BCUT2D eigenvalue weighted by atomic mass is 10.2. The van der Waals surface area contributed by atoms with Crippen LogP contribution in [0.5, 0.6) is 0 Å². The van der Waals surface area contributed by atoms with Crippen molar-refractivity contribution in [3.05, 3.63) is 60.4 Å². The Morgan fingerprint density at radius 2 is 2.18 bits per heavy atom. The van der Waals surface area contributed by atoms with Gasteiger partial charge in [0.05, 0.1) is 12.6 Å². The van der Waals surface area contributed by atoms with Crippen molar-refractivity contribution in [2.24, 2.45) is 4.99 Å². The summed E-state index contributed by atoms with van der Waals surface area (Å²) in [4.78, 5) is 4.62. The highest BCUT2D eigenvalue weighted by atomic mass is 16.3. The summed E-state index contributed by atoms with van der Waals surface area (Å²) in [5, 5.41) is 16.0. The number of nitrogens with zero attached hydrogens (tertiary/aromatic N) is 4. The van der Waals surface area contributed by atoms with Crippen molar-refractivity contribution in [1.29, 1.82) is 0 Å². The van der Waals surface area contributed by atoms with Gasteiger partial charge in [0.15, 0.2) is 5.96 Å². The molecule has 0 aliphatic carbocycles. The molecule has 0 aliphatic heterocycles. The molecule has 7 nitrogen and oxygen atoms in total. The van der Waals surface area contributed by atoms with Crippen LogP contribution in [-0.2, 0) is 13.0 Å². The molecule has 148 valence electrons. The van der Waals surface area contributed by atoms with Crippen molar-refractivity contribution in [3.8, 4) is 0 Å². The average Bonchev–Trinajstić information content (AvgIpc) is 3.32. The minimum absolute atomic E-state index is 0.0233. The number of aromatic nitrogens is 3. The highest BCUT2D eigenvalue weighted by Gasteiger charge is 2.13. The number of hydrogen-bond acceptors (Lipinski definition) is 4. The summed E-state index contributed by atoms with van der Waals surface area (Å²) in [5.41, 5.74) is 1.89. The fraction of sp³-hybridized carbons (Fsp3) is 0.381. The number of benzene rings is 1. The van der Waals surface area contributed by atoms with E-state index in [0.29, 0.717) is 13.1 Å². The number of aliphatic imine (C=N–C) groups is 1. The number of nitrogens with one attached hydrogen (secondary N) is 2. The highest BCUT2D eigenvalue weighted by Crippen LogP contribution is 2.23. The van der Waals surface area contributed by atoms with Gasteiger partial charge in [-0.3, -0.25) is 0 Å². The maximum Gasteiger partial charge on any atom is 0.192 e. The number of guanidine groups is 1. The highest BCUT2D eigenvalue weighted by molar-refractivity contribution is 5.81. The zero-order chi connectivity index (χ0) is 19.9. The standard InChI is InChI=1S/C21H28N6O/c1-5-20-26-24-14-27(20)11-10-22-21(23-13-15(2)3)25-16(4)19-12-17-8-6-7-9-18(17)28-19/h6-9,12,14,16H,2,5,10-11,13H2,1,3-4H3,(H2,22,23,25). The summed E-state index contributed by atoms with van der Waals surface area (Å²) < 4.78 is 8.01. The maximum atomic E-state index is 5.97. The second kappa shape index (κ2) is 9.21. The zero-order valence-electron chi connectivity index (χ0n) is 16.8. The SMILES string of the molecule is C=C(C)CN=C(NCCn1cnnc1CC)NC(C)c1cc2ccccc2o1. The number of para-hydroxylation sites is 1. The van der Waals surface area contributed by atoms with Crippen LogP contribution < -0.4 is 10.6 Å². The molecule has 0 saturated carbocycles. The Morgan fingerprint density at radius 3 is 2.93 bits per heavy atom. The first kappa shape index (κ1) is 19.7. The second-order valence-corrected chi connectivity index (χ2v) is 6.90. The lowest BCUT2D eigenvalue weighted by Gasteiger charge is -2.17. The Morgan fingerprint density at radius 1 is 1.36 bits per heavy atom. The van der Waals surface area contributed by atoms with E-state index in [4.69, 9.17) is 4.42 Å². The van der Waals surface area contributed by atoms with Gasteiger partial charge in [-0.25, -0.2) is 4.99 Å². The number of hydrogen-bond donors (Lipinski definition) is 2. The molecular weight excluding hydrogens is 352 g/mol. The van der Waals surface area contributed by atoms with Crippen LogP contribution >= 0.6 is 0 Å². The first-order valence-corrected chi connectivity index (χ1v) is 9.61. The van der Waals surface area contributed by atoms with Crippen LogP contribution in [0.4, 0.5) is 0 Å². The molecule has 2 N–H and O–H groups in total. The Balaban J connectivity index is 1.65. The first-order chi connectivity index (χ1) is 13.6. The predicted octanol–water partition coefficient (Wildman–Crippen LogP) is 3.46. The van der Waals surface area contributed by atoms with Gasteiger partial charge in [-0.05, 0) is 26.0 Å². The van der Waals surface area contributed by atoms with Crippen molar-refractivity contribution in [3.63, 3.8) is 0 Å². The molecule has 0 bridgehead atoms. The van der Waals surface area contributed by atoms with Gasteiger partial charge >= 0.3 is 0 Å². The molecule has 3 rings (SSSR count). The summed E-state index contributed by atoms with van der Waals surface area (Å²) in [6.45, 7) is 12.1. The van der Waals surface area contributed by atoms with E-state index in [0.717, 1.165) is 47.1 Å². The Labute approximate surface area is 165 Å². The lowest BCUT2D eigenvalue weighted by molar-refractivity contribution is 0.487. The van der Waals surface area contributed by atoms with Crippen LogP contribution in [0, 0.1) is 0 Å². The number of fused-ring (bicyclic) bond motifs is 1. The molecule has 0 fully saturated rings. The smallest absolute Gasteiger partial charge is 0.192 e. The van der Waals surface area contributed by atoms with Crippen molar-refractivity contribution >= 4 is 16.9 Å². The number of aryl methyl sites for hydroxylation is 1. The fourth-order valence-electron chi connectivity index (χ4n) is 2.89. The molecule has 2 aromatic heterocycles. The van der Waals surface area contributed by atoms with E-state index in [-0.39, 0.29) is 6.04 Å². The minimum Gasteiger partial charge on any atom is -0.459 e. The molecular formula is C21H28N6O. The van der Waals surface area contributed by atoms with Crippen LogP contribution in [0.2, 0.25) is 0 Å². The molecule has 0 spiro atoms. The summed E-state index contributed by atoms with van der Waals surface area (Å²) in [5.74, 6) is 2.58. The van der Waals surface area contributed by atoms with Crippen molar-refractivity contribution in [2.75, 3.05) is 13.1 Å². The Bertz CT molecular complexity index is 922. The molecule has 0 amide bonds. The van der Waals surface area contributed by atoms with E-state index in [1.54, 1.807) is 6.33 Å². The van der Waals surface area contributed by atoms with Crippen LogP contribution in [0.1, 0.15) is 38.4 Å². The first-order valence-electron chi connectivity index (χ1n) is 9.61. The third-order valence-electron chi connectivity index (χ3n) is 4.39. The second-order valence-electron chi connectivity index (χ2n) is 6.90. The van der Waals surface area contributed by atoms with Gasteiger partial charge in [0.25, 0.3) is 0 Å². The van der Waals surface area contributed by atoms with E-state index in [1.807, 2.05) is 35.8 Å². The fourth-order valence-corrected chi connectivity index (χ4v) is 2.89. The molecule has 1 unspecified atom stereocenters. The zero-order valence-corrected chi connectivity index (χ0v) is 16.8. The number of furan rings is 1. The lowest BCUT2D eigenvalue weighted by Crippen LogP contribution is -2.40. The van der Waals surface area contributed by atoms with Gasteiger partial charge in [0, 0.05) is 24.9 Å². The summed E-state index contributed by atoms with van der Waals surface area (Å²) in [6, 6.07) is 10.1. The molecule has 0 aliphatic rings. The van der Waals surface area contributed by atoms with Gasteiger partial charge < -0.3 is 19.6 Å². The Kier molecular flexibility index (Phi) is 6.47. The maximum absolute atomic E-state index is 5.97. The molecule has 7 heteroatoms. The van der Waals surface area contributed by atoms with Gasteiger partial charge in [-0.15, -0.1) is 10.2 Å². The van der Waals surface area contributed by atoms with Gasteiger partial charge in [-0.1, -0.05) is 37.3 Å². The van der Waals surface area contributed by atoms with E-state index in [1.165, 1.54) is 0 Å². The van der Waals surface area contributed by atoms with Crippen molar-refractivity contribution in [1.82, 2.24) is 25.4 Å². The summed E-state index contributed by atoms with van der Waals surface area (Å²) in [6.07, 6.45) is 2.62. The van der Waals surface area contributed by atoms with Crippen LogP contribution in [0.15, 0.2) is 58.2 Å². The van der Waals surface area contributed by atoms with Gasteiger partial charge in [-0.2, -0.15) is 0 Å². The topological polar surface area (TPSA) is 80.3 Å². The minimum atomic E-state index is -0.0233. The van der Waals surface area contributed by atoms with Crippen LogP contribution in [0.3, 0.4) is 0 Å². The third kappa shape index (κ3) is 5.00. The summed E-state index contributed by atoms with van der Waals surface area (Å²) in [7, 11) is 0. The van der Waals surface area contributed by atoms with E-state index < -0.39 is 0 Å². The molecule has 2 heterocycles. The molecule has 0 radical (unpaired) electrons. The molecule has 3 aromatic rings. The molecule has 1 aromatic carbocycles. The van der Waals surface area contributed by atoms with Gasteiger partial charge in [0.2, 0.25) is 0 Å². The van der Waals surface area contributed by atoms with Crippen molar-refractivity contribution in [2.45, 2.75) is 39.8 Å². The van der Waals surface area contributed by atoms with E-state index in [9.17, 15) is 0 Å². The Hall–Kier alpha value is -3.09. The molecule has 28 heavy (non-hydrogen) atoms. The third-order valence-corrected chi connectivity index (χ3v) is 4.39. The average molecular weight is 380 g/mol. The largest absolute Gasteiger partial charge is 0.459 e. The van der Waals surface area contributed by atoms with E-state index >= 15 is 0 Å². The molecule has 0 saturated heterocycles. The molecule has 1 atom stereocenters.